The highest BCUT2D eigenvalue weighted by Crippen LogP contribution is 2.29. The van der Waals surface area contributed by atoms with E-state index in [2.05, 4.69) is 37.2 Å². The predicted molar refractivity (Wildman–Crippen MR) is 159 cm³/mol. The van der Waals surface area contributed by atoms with Gasteiger partial charge in [0.1, 0.15) is 11.7 Å². The van der Waals surface area contributed by atoms with Gasteiger partial charge in [0.25, 0.3) is 0 Å². The van der Waals surface area contributed by atoms with E-state index in [0.29, 0.717) is 49.3 Å². The summed E-state index contributed by atoms with van der Waals surface area (Å²) in [7, 11) is 0. The molecule has 0 atom stereocenters. The Bertz CT molecular complexity index is 1430. The average Bonchev–Trinajstić information content (AvgIpc) is 3.58. The number of allylic oxidation sites excluding steroid dienone is 1. The van der Waals surface area contributed by atoms with Crippen molar-refractivity contribution in [1.29, 1.82) is 0 Å². The largest absolute Gasteiger partial charge is 0.468 e. The van der Waals surface area contributed by atoms with Crippen LogP contribution < -0.4 is 15.8 Å². The number of ether oxygens (including phenoxy) is 1. The number of nitrogens with two attached hydrogens (primary N) is 1. The first-order valence-electron chi connectivity index (χ1n) is 13.3. The van der Waals surface area contributed by atoms with Crippen LogP contribution >= 0.6 is 0 Å². The number of rotatable bonds is 10. The van der Waals surface area contributed by atoms with Crippen LogP contribution in [0.15, 0.2) is 46.2 Å². The molecule has 220 valence electrons. The van der Waals surface area contributed by atoms with Crippen LogP contribution in [0.2, 0.25) is 0 Å². The molecule has 1 amide bonds. The van der Waals surface area contributed by atoms with Gasteiger partial charge in [0.15, 0.2) is 29.9 Å². The Morgan fingerprint density at radius 3 is 2.63 bits per heavy atom. The number of amidine groups is 1. The summed E-state index contributed by atoms with van der Waals surface area (Å²) in [6.45, 7) is 13.4. The van der Waals surface area contributed by atoms with Gasteiger partial charge < -0.3 is 25.7 Å². The highest BCUT2D eigenvalue weighted by Gasteiger charge is 2.21. The van der Waals surface area contributed by atoms with Crippen molar-refractivity contribution in [2.24, 2.45) is 15.7 Å². The lowest BCUT2D eigenvalue weighted by Gasteiger charge is -2.35. The summed E-state index contributed by atoms with van der Waals surface area (Å²) in [5.41, 5.74) is 6.85. The Labute approximate surface area is 237 Å². The molecule has 4 rings (SSSR count). The second-order valence-electron chi connectivity index (χ2n) is 8.95. The van der Waals surface area contributed by atoms with Gasteiger partial charge in [-0.15, -0.1) is 0 Å². The van der Waals surface area contributed by atoms with Gasteiger partial charge in [-0.1, -0.05) is 19.9 Å². The minimum Gasteiger partial charge on any atom is -0.468 e. The number of H-pyrrole nitrogens is 2. The summed E-state index contributed by atoms with van der Waals surface area (Å²) < 4.78 is 35.0. The fraction of sp³-hybridized carbons (Fsp3) is 0.357. The van der Waals surface area contributed by atoms with Crippen LogP contribution in [0.4, 0.5) is 14.6 Å². The van der Waals surface area contributed by atoms with E-state index in [1.807, 2.05) is 42.7 Å². The van der Waals surface area contributed by atoms with Crippen LogP contribution in [0.3, 0.4) is 0 Å². The maximum Gasteiger partial charge on any atom is 0.231 e. The van der Waals surface area contributed by atoms with Crippen LogP contribution in [-0.2, 0) is 4.79 Å². The number of anilines is 1. The molecule has 1 aliphatic rings. The molecule has 0 unspecified atom stereocenters. The number of halogens is 2. The highest BCUT2D eigenvalue weighted by molar-refractivity contribution is 5.94. The lowest BCUT2D eigenvalue weighted by atomic mass is 10.2. The maximum absolute atomic E-state index is 15.0. The molecule has 41 heavy (non-hydrogen) atoms. The molecule has 0 radical (unpaired) electrons. The molecule has 1 fully saturated rings. The van der Waals surface area contributed by atoms with Gasteiger partial charge in [0.05, 0.1) is 17.8 Å². The van der Waals surface area contributed by atoms with Gasteiger partial charge in [0.2, 0.25) is 5.91 Å². The van der Waals surface area contributed by atoms with Gasteiger partial charge in [-0.2, -0.15) is 5.10 Å². The molecule has 0 saturated carbocycles. The normalized spacial score (nSPS) is 14.7. The second-order valence-corrected chi connectivity index (χ2v) is 8.95. The minimum absolute atomic E-state index is 0.0852. The highest BCUT2D eigenvalue weighted by atomic mass is 19.1. The Morgan fingerprint density at radius 1 is 1.24 bits per heavy atom. The number of hydrogen-bond donors (Lipinski definition) is 4. The van der Waals surface area contributed by atoms with Crippen LogP contribution in [0, 0.1) is 18.6 Å². The molecule has 0 bridgehead atoms. The van der Waals surface area contributed by atoms with E-state index < -0.39 is 17.5 Å². The summed E-state index contributed by atoms with van der Waals surface area (Å²) in [6, 6.07) is 4.32. The van der Waals surface area contributed by atoms with Gasteiger partial charge in [0, 0.05) is 55.5 Å². The van der Waals surface area contributed by atoms with Crippen molar-refractivity contribution in [2.45, 2.75) is 27.7 Å². The van der Waals surface area contributed by atoms with E-state index in [1.54, 1.807) is 19.1 Å². The summed E-state index contributed by atoms with van der Waals surface area (Å²) in [6.07, 6.45) is 5.42. The third-order valence-corrected chi connectivity index (χ3v) is 6.06. The zero-order valence-electron chi connectivity index (χ0n) is 23.8. The fourth-order valence-electron chi connectivity index (χ4n) is 4.24. The third-order valence-electron chi connectivity index (χ3n) is 6.06. The fourth-order valence-corrected chi connectivity index (χ4v) is 4.24. The smallest absolute Gasteiger partial charge is 0.231 e. The Balaban J connectivity index is 0.00000226. The summed E-state index contributed by atoms with van der Waals surface area (Å²) in [5.74, 6) is -0.563. The number of aryl methyl sites for hydroxylation is 1. The standard InChI is InChI=1S/C26H31F2N9O2.C2H6/c1-4-5-17-11-23(35-34-17)33-22(30-3)13-24(37-8-6-36(7-9-37)14-21(29)38)31-15-39-20-12-19(27)26-18(25(20)28)10-16(2)32-26;1-2/h4-5,10-13,32H,3,6-9,14-15H2,1-2H3,(H2,29,38)(H2,33,34,35);1-2H3/b5-4+,22-13+,31-24+;. The first-order valence-corrected chi connectivity index (χ1v) is 13.3. The number of aromatic nitrogens is 3. The average molecular weight is 570 g/mol. The number of amides is 1. The van der Waals surface area contributed by atoms with Crippen molar-refractivity contribution in [1.82, 2.24) is 25.0 Å². The predicted octanol–water partition coefficient (Wildman–Crippen LogP) is 4.03. The second kappa shape index (κ2) is 14.7. The molecular formula is C28H37F2N9O2. The van der Waals surface area contributed by atoms with E-state index in [4.69, 9.17) is 10.5 Å². The van der Waals surface area contributed by atoms with Crippen LogP contribution in [-0.4, -0.2) is 82.9 Å². The summed E-state index contributed by atoms with van der Waals surface area (Å²) >= 11 is 0. The van der Waals surface area contributed by atoms with Gasteiger partial charge >= 0.3 is 0 Å². The number of benzene rings is 1. The molecule has 3 aromatic rings. The number of carbonyl (C=O) groups is 1. The number of primary amides is 1. The van der Waals surface area contributed by atoms with E-state index in [-0.39, 0.29) is 29.9 Å². The first kappa shape index (κ1) is 31.0. The Kier molecular flexibility index (Phi) is 11.2. The number of fused-ring (bicyclic) bond motifs is 1. The van der Waals surface area contributed by atoms with Gasteiger partial charge in [-0.3, -0.25) is 14.8 Å². The van der Waals surface area contributed by atoms with E-state index >= 15 is 0 Å². The van der Waals surface area contributed by atoms with Crippen LogP contribution in [0.25, 0.3) is 17.0 Å². The molecule has 13 heteroatoms. The van der Waals surface area contributed by atoms with Crippen molar-refractivity contribution >= 4 is 41.3 Å². The number of carbonyl (C=O) groups excluding carboxylic acids is 1. The molecule has 1 aliphatic heterocycles. The van der Waals surface area contributed by atoms with Crippen molar-refractivity contribution in [2.75, 3.05) is 44.8 Å². The number of nitrogens with one attached hydrogen (secondary N) is 3. The van der Waals surface area contributed by atoms with Crippen molar-refractivity contribution in [3.63, 3.8) is 0 Å². The quantitative estimate of drug-likeness (QED) is 0.215. The number of aliphatic imine (C=N–C) groups is 2. The molecular weight excluding hydrogens is 532 g/mol. The summed E-state index contributed by atoms with van der Waals surface area (Å²) in [4.78, 5) is 26.6. The number of hydrogen-bond acceptors (Lipinski definition) is 7. The van der Waals surface area contributed by atoms with E-state index in [1.165, 1.54) is 6.07 Å². The SMILES string of the molecule is C=N/C(=C\C(=N/COc1cc(F)c2[nH]c(C)cc2c1F)N1CCN(CC(N)=O)CC1)Nc1cc(/C=C/C)[nH]n1.CC. The first-order chi connectivity index (χ1) is 19.8. The van der Waals surface area contributed by atoms with Crippen molar-refractivity contribution < 1.29 is 18.3 Å². The third kappa shape index (κ3) is 8.24. The number of aromatic amines is 2. The van der Waals surface area contributed by atoms with Crippen molar-refractivity contribution in [3.8, 4) is 5.75 Å². The lowest BCUT2D eigenvalue weighted by molar-refractivity contribution is -0.119. The Hall–Kier alpha value is -4.52. The zero-order chi connectivity index (χ0) is 29.9. The minimum atomic E-state index is -0.673. The monoisotopic (exact) mass is 569 g/mol. The summed E-state index contributed by atoms with van der Waals surface area (Å²) in [5, 5.41) is 10.3. The molecule has 3 heterocycles. The molecule has 0 aliphatic carbocycles. The van der Waals surface area contributed by atoms with Gasteiger partial charge in [-0.25, -0.2) is 18.8 Å². The van der Waals surface area contributed by atoms with E-state index in [0.717, 1.165) is 11.8 Å². The number of piperazine rings is 1. The van der Waals surface area contributed by atoms with Crippen LogP contribution in [0.5, 0.6) is 5.75 Å². The molecule has 1 aromatic carbocycles. The van der Waals surface area contributed by atoms with Gasteiger partial charge in [-0.05, 0) is 32.7 Å². The molecule has 0 spiro atoms. The van der Waals surface area contributed by atoms with Crippen molar-refractivity contribution in [3.05, 3.63) is 59.2 Å². The number of nitrogens with zero attached hydrogens (tertiary/aromatic N) is 5. The Morgan fingerprint density at radius 2 is 1.98 bits per heavy atom. The van der Waals surface area contributed by atoms with E-state index in [9.17, 15) is 13.6 Å². The molecule has 5 N–H and O–H groups in total. The molecule has 1 saturated heterocycles. The van der Waals surface area contributed by atoms with Crippen LogP contribution in [0.1, 0.15) is 32.2 Å². The topological polar surface area (TPSA) is 140 Å². The lowest BCUT2D eigenvalue weighted by Crippen LogP contribution is -2.50. The zero-order valence-corrected chi connectivity index (χ0v) is 23.8. The maximum atomic E-state index is 15.0. The molecule has 2 aromatic heterocycles. The molecule has 11 nitrogen and oxygen atoms in total.